The molecule has 0 aliphatic carbocycles. The number of hydrazone groups is 1. The second-order valence-electron chi connectivity index (χ2n) is 5.16. The van der Waals surface area contributed by atoms with Crippen LogP contribution in [0.1, 0.15) is 12.5 Å². The van der Waals surface area contributed by atoms with Gasteiger partial charge in [-0.15, -0.1) is 0 Å². The highest BCUT2D eigenvalue weighted by molar-refractivity contribution is 6.32. The highest BCUT2D eigenvalue weighted by atomic mass is 35.5. The van der Waals surface area contributed by atoms with Crippen molar-refractivity contribution in [3.8, 4) is 17.2 Å². The molecule has 2 rings (SSSR count). The van der Waals surface area contributed by atoms with Crippen molar-refractivity contribution in [2.45, 2.75) is 6.92 Å². The van der Waals surface area contributed by atoms with Crippen molar-refractivity contribution in [1.29, 1.82) is 0 Å². The van der Waals surface area contributed by atoms with Crippen LogP contribution in [0.25, 0.3) is 0 Å². The molecule has 0 heterocycles. The second-order valence-corrected chi connectivity index (χ2v) is 5.57. The van der Waals surface area contributed by atoms with Gasteiger partial charge in [-0.3, -0.25) is 4.79 Å². The van der Waals surface area contributed by atoms with Crippen LogP contribution >= 0.6 is 11.6 Å². The monoisotopic (exact) mass is 377 g/mol. The third-order valence-corrected chi connectivity index (χ3v) is 3.56. The molecule has 0 radical (unpaired) electrons. The number of carbonyl (C=O) groups excluding carboxylic acids is 1. The van der Waals surface area contributed by atoms with E-state index in [4.69, 9.17) is 21.1 Å². The number of anilines is 1. The number of phenolic OH excluding ortho intramolecular Hbond substituents is 1. The highest BCUT2D eigenvalue weighted by Gasteiger charge is 2.08. The molecule has 0 fully saturated rings. The number of methoxy groups -OCH3 is 1. The Morgan fingerprint density at radius 3 is 2.88 bits per heavy atom. The van der Waals surface area contributed by atoms with Crippen LogP contribution in [-0.4, -0.2) is 37.5 Å². The van der Waals surface area contributed by atoms with Crippen LogP contribution in [-0.2, 0) is 4.79 Å². The van der Waals surface area contributed by atoms with Crippen molar-refractivity contribution in [3.05, 3.63) is 47.0 Å². The van der Waals surface area contributed by atoms with Crippen LogP contribution in [0.3, 0.4) is 0 Å². The first-order valence-corrected chi connectivity index (χ1v) is 8.26. The maximum atomic E-state index is 11.8. The topological polar surface area (TPSA) is 92.2 Å². The van der Waals surface area contributed by atoms with Gasteiger partial charge < -0.3 is 19.9 Å². The number of aromatic hydroxyl groups is 1. The van der Waals surface area contributed by atoms with Gasteiger partial charge in [-0.2, -0.15) is 5.10 Å². The van der Waals surface area contributed by atoms with Crippen molar-refractivity contribution >= 4 is 29.4 Å². The van der Waals surface area contributed by atoms with Gasteiger partial charge in [0.1, 0.15) is 5.75 Å². The number of carbonyl (C=O) groups is 1. The van der Waals surface area contributed by atoms with Crippen molar-refractivity contribution in [3.63, 3.8) is 0 Å². The number of amides is 1. The number of hydrogen-bond acceptors (Lipinski definition) is 6. The minimum atomic E-state index is -0.320. The predicted molar refractivity (Wildman–Crippen MR) is 102 cm³/mol. The quantitative estimate of drug-likeness (QED) is 0.486. The molecular weight excluding hydrogens is 358 g/mol. The summed E-state index contributed by atoms with van der Waals surface area (Å²) < 4.78 is 10.4. The minimum absolute atomic E-state index is 0.0467. The van der Waals surface area contributed by atoms with E-state index in [1.807, 2.05) is 18.2 Å². The molecule has 8 heteroatoms. The lowest BCUT2D eigenvalue weighted by Crippen LogP contribution is -2.25. The molecule has 1 amide bonds. The fourth-order valence-corrected chi connectivity index (χ4v) is 2.29. The normalized spacial score (nSPS) is 10.6. The van der Waals surface area contributed by atoms with E-state index in [0.717, 1.165) is 5.69 Å². The Labute approximate surface area is 156 Å². The maximum absolute atomic E-state index is 11.8. The molecule has 0 aromatic heterocycles. The van der Waals surface area contributed by atoms with Crippen LogP contribution < -0.4 is 20.2 Å². The molecule has 0 aliphatic rings. The molecule has 2 aromatic rings. The molecule has 0 saturated heterocycles. The summed E-state index contributed by atoms with van der Waals surface area (Å²) in [5, 5.41) is 16.8. The Bertz CT molecular complexity index is 796. The third-order valence-electron chi connectivity index (χ3n) is 3.28. The lowest BCUT2D eigenvalue weighted by atomic mass is 10.2. The van der Waals surface area contributed by atoms with Crippen molar-refractivity contribution in [2.75, 3.05) is 25.6 Å². The first-order chi connectivity index (χ1) is 12.5. The SMILES string of the molecule is CCOc1cc(/C=N/NC(=O)CNc2cccc(OC)c2)cc(Cl)c1O. The van der Waals surface area contributed by atoms with Crippen LogP contribution in [0, 0.1) is 0 Å². The van der Waals surface area contributed by atoms with E-state index in [2.05, 4.69) is 15.8 Å². The number of benzene rings is 2. The maximum Gasteiger partial charge on any atom is 0.259 e. The fourth-order valence-electron chi connectivity index (χ4n) is 2.07. The van der Waals surface area contributed by atoms with E-state index in [1.54, 1.807) is 26.2 Å². The molecule has 7 nitrogen and oxygen atoms in total. The molecule has 0 atom stereocenters. The number of rotatable bonds is 8. The molecule has 0 saturated carbocycles. The van der Waals surface area contributed by atoms with Gasteiger partial charge in [-0.05, 0) is 36.8 Å². The zero-order valence-corrected chi connectivity index (χ0v) is 15.2. The lowest BCUT2D eigenvalue weighted by Gasteiger charge is -2.08. The number of hydrogen-bond donors (Lipinski definition) is 3. The molecule has 138 valence electrons. The number of ether oxygens (including phenoxy) is 2. The molecule has 0 bridgehead atoms. The number of halogens is 1. The van der Waals surface area contributed by atoms with Gasteiger partial charge in [0.25, 0.3) is 5.91 Å². The average molecular weight is 378 g/mol. The Balaban J connectivity index is 1.90. The predicted octanol–water partition coefficient (Wildman–Crippen LogP) is 3.02. The number of nitrogens with one attached hydrogen (secondary N) is 2. The summed E-state index contributed by atoms with van der Waals surface area (Å²) >= 11 is 5.94. The molecular formula is C18H20ClN3O4. The molecule has 0 aliphatic heterocycles. The van der Waals surface area contributed by atoms with E-state index in [0.29, 0.717) is 17.9 Å². The summed E-state index contributed by atoms with van der Waals surface area (Å²) in [7, 11) is 1.58. The third kappa shape index (κ3) is 5.56. The second kappa shape index (κ2) is 9.53. The molecule has 26 heavy (non-hydrogen) atoms. The minimum Gasteiger partial charge on any atom is -0.503 e. The molecule has 0 unspecified atom stereocenters. The zero-order valence-electron chi connectivity index (χ0n) is 14.5. The van der Waals surface area contributed by atoms with Gasteiger partial charge in [0, 0.05) is 11.8 Å². The van der Waals surface area contributed by atoms with Crippen LogP contribution in [0.4, 0.5) is 5.69 Å². The average Bonchev–Trinajstić information content (AvgIpc) is 2.64. The van der Waals surface area contributed by atoms with E-state index in [1.165, 1.54) is 12.3 Å². The van der Waals surface area contributed by atoms with Gasteiger partial charge in [0.15, 0.2) is 11.5 Å². The van der Waals surface area contributed by atoms with Gasteiger partial charge in [0.2, 0.25) is 0 Å². The van der Waals surface area contributed by atoms with Crippen LogP contribution in [0.15, 0.2) is 41.5 Å². The van der Waals surface area contributed by atoms with Crippen molar-refractivity contribution < 1.29 is 19.4 Å². The van der Waals surface area contributed by atoms with Gasteiger partial charge >= 0.3 is 0 Å². The van der Waals surface area contributed by atoms with Gasteiger partial charge in [-0.25, -0.2) is 5.43 Å². The van der Waals surface area contributed by atoms with Crippen LogP contribution in [0.2, 0.25) is 5.02 Å². The Kier molecular flexibility index (Phi) is 7.11. The number of nitrogens with zero attached hydrogens (tertiary/aromatic N) is 1. The molecule has 3 N–H and O–H groups in total. The summed E-state index contributed by atoms with van der Waals surface area (Å²) in [5.41, 5.74) is 3.75. The Morgan fingerprint density at radius 2 is 2.15 bits per heavy atom. The summed E-state index contributed by atoms with van der Waals surface area (Å²) in [6.45, 7) is 2.23. The fraction of sp³-hybridized carbons (Fsp3) is 0.222. The smallest absolute Gasteiger partial charge is 0.259 e. The van der Waals surface area contributed by atoms with E-state index in [9.17, 15) is 9.90 Å². The summed E-state index contributed by atoms with van der Waals surface area (Å²) in [6, 6.07) is 10.3. The Morgan fingerprint density at radius 1 is 1.35 bits per heavy atom. The summed E-state index contributed by atoms with van der Waals surface area (Å²) in [6.07, 6.45) is 1.41. The van der Waals surface area contributed by atoms with Crippen LogP contribution in [0.5, 0.6) is 17.2 Å². The largest absolute Gasteiger partial charge is 0.503 e. The van der Waals surface area contributed by atoms with E-state index in [-0.39, 0.29) is 29.0 Å². The first-order valence-electron chi connectivity index (χ1n) is 7.88. The summed E-state index contributed by atoms with van der Waals surface area (Å²) in [4.78, 5) is 11.8. The lowest BCUT2D eigenvalue weighted by molar-refractivity contribution is -0.119. The summed E-state index contributed by atoms with van der Waals surface area (Å²) in [5.74, 6) is 0.506. The number of phenols is 1. The van der Waals surface area contributed by atoms with E-state index >= 15 is 0 Å². The van der Waals surface area contributed by atoms with Crippen molar-refractivity contribution in [1.82, 2.24) is 5.43 Å². The molecule has 2 aromatic carbocycles. The van der Waals surface area contributed by atoms with Gasteiger partial charge in [-0.1, -0.05) is 17.7 Å². The van der Waals surface area contributed by atoms with E-state index < -0.39 is 0 Å². The first kappa shape index (κ1) is 19.4. The molecule has 0 spiro atoms. The standard InChI is InChI=1S/C18H20ClN3O4/c1-3-26-16-8-12(7-15(19)18(16)24)10-21-22-17(23)11-20-13-5-4-6-14(9-13)25-2/h4-10,20,24H,3,11H2,1-2H3,(H,22,23)/b21-10+. The van der Waals surface area contributed by atoms with Gasteiger partial charge in [0.05, 0.1) is 31.5 Å². The Hall–Kier alpha value is -2.93. The van der Waals surface area contributed by atoms with Crippen molar-refractivity contribution in [2.24, 2.45) is 5.10 Å². The zero-order chi connectivity index (χ0) is 18.9. The highest BCUT2D eigenvalue weighted by Crippen LogP contribution is 2.34.